The lowest BCUT2D eigenvalue weighted by Gasteiger charge is -2.08. The summed E-state index contributed by atoms with van der Waals surface area (Å²) < 4.78 is 1.99. The number of aromatic nitrogens is 2. The first-order valence-electron chi connectivity index (χ1n) is 9.16. The lowest BCUT2D eigenvalue weighted by Crippen LogP contribution is -1.99. The summed E-state index contributed by atoms with van der Waals surface area (Å²) >= 11 is 6.07. The molecule has 27 heavy (non-hydrogen) atoms. The standard InChI is InChI=1S/C24H21ClN2/c1-3-18-6-10-19(11-7-18)23-16-24(20-8-4-17(2)5-9-20)27(26-23)22-14-12-21(25)13-15-22/h4-16H,3H2,1-2H3. The van der Waals surface area contributed by atoms with E-state index in [1.165, 1.54) is 11.1 Å². The zero-order chi connectivity index (χ0) is 18.8. The smallest absolute Gasteiger partial charge is 0.0934 e. The van der Waals surface area contributed by atoms with Crippen LogP contribution in [-0.4, -0.2) is 9.78 Å². The summed E-state index contributed by atoms with van der Waals surface area (Å²) in [5.41, 5.74) is 7.84. The third-order valence-corrected chi connectivity index (χ3v) is 5.04. The second-order valence-electron chi connectivity index (χ2n) is 6.72. The summed E-state index contributed by atoms with van der Waals surface area (Å²) in [5, 5.41) is 5.63. The molecule has 0 N–H and O–H groups in total. The highest BCUT2D eigenvalue weighted by atomic mass is 35.5. The minimum Gasteiger partial charge on any atom is -0.232 e. The van der Waals surface area contributed by atoms with Crippen LogP contribution in [0.15, 0.2) is 78.9 Å². The largest absolute Gasteiger partial charge is 0.232 e. The van der Waals surface area contributed by atoms with Crippen molar-refractivity contribution in [2.24, 2.45) is 0 Å². The second kappa shape index (κ2) is 7.42. The Kier molecular flexibility index (Phi) is 4.83. The molecular formula is C24H21ClN2. The minimum absolute atomic E-state index is 0.721. The maximum atomic E-state index is 6.07. The highest BCUT2D eigenvalue weighted by Crippen LogP contribution is 2.29. The van der Waals surface area contributed by atoms with Crippen LogP contribution in [0.2, 0.25) is 5.02 Å². The van der Waals surface area contributed by atoms with E-state index in [4.69, 9.17) is 16.7 Å². The van der Waals surface area contributed by atoms with Crippen LogP contribution in [0, 0.1) is 6.92 Å². The molecule has 0 fully saturated rings. The van der Waals surface area contributed by atoms with Crippen LogP contribution in [0.4, 0.5) is 0 Å². The van der Waals surface area contributed by atoms with Crippen molar-refractivity contribution in [3.05, 3.63) is 95.0 Å². The number of hydrogen-bond acceptors (Lipinski definition) is 1. The van der Waals surface area contributed by atoms with E-state index in [1.54, 1.807) is 0 Å². The Morgan fingerprint density at radius 2 is 1.44 bits per heavy atom. The Morgan fingerprint density at radius 3 is 2.07 bits per heavy atom. The molecular weight excluding hydrogens is 352 g/mol. The van der Waals surface area contributed by atoms with Gasteiger partial charge in [-0.3, -0.25) is 0 Å². The predicted octanol–water partition coefficient (Wildman–Crippen LogP) is 6.73. The lowest BCUT2D eigenvalue weighted by atomic mass is 10.1. The molecule has 1 heterocycles. The normalized spacial score (nSPS) is 10.9. The Bertz CT molecular complexity index is 980. The van der Waals surface area contributed by atoms with Crippen molar-refractivity contribution >= 4 is 11.6 Å². The number of halogens is 1. The van der Waals surface area contributed by atoms with E-state index >= 15 is 0 Å². The molecule has 0 unspecified atom stereocenters. The van der Waals surface area contributed by atoms with Gasteiger partial charge in [0.1, 0.15) is 0 Å². The fourth-order valence-electron chi connectivity index (χ4n) is 3.14. The third kappa shape index (κ3) is 3.67. The lowest BCUT2D eigenvalue weighted by molar-refractivity contribution is 0.892. The van der Waals surface area contributed by atoms with Gasteiger partial charge in [0.25, 0.3) is 0 Å². The van der Waals surface area contributed by atoms with Gasteiger partial charge in [-0.05, 0) is 49.2 Å². The van der Waals surface area contributed by atoms with Crippen LogP contribution >= 0.6 is 11.6 Å². The fourth-order valence-corrected chi connectivity index (χ4v) is 3.27. The Labute approximate surface area is 165 Å². The molecule has 0 saturated heterocycles. The highest BCUT2D eigenvalue weighted by Gasteiger charge is 2.13. The maximum absolute atomic E-state index is 6.07. The first-order valence-corrected chi connectivity index (χ1v) is 9.54. The molecule has 0 radical (unpaired) electrons. The van der Waals surface area contributed by atoms with Crippen molar-refractivity contribution < 1.29 is 0 Å². The first kappa shape index (κ1) is 17.6. The Hall–Kier alpha value is -2.84. The number of aryl methyl sites for hydroxylation is 2. The molecule has 0 saturated carbocycles. The Balaban J connectivity index is 1.85. The topological polar surface area (TPSA) is 17.8 Å². The van der Waals surface area contributed by atoms with Crippen LogP contribution in [-0.2, 0) is 6.42 Å². The quantitative estimate of drug-likeness (QED) is 0.388. The van der Waals surface area contributed by atoms with Crippen LogP contribution in [0.25, 0.3) is 28.2 Å². The molecule has 3 aromatic carbocycles. The second-order valence-corrected chi connectivity index (χ2v) is 7.16. The van der Waals surface area contributed by atoms with E-state index < -0.39 is 0 Å². The van der Waals surface area contributed by atoms with Gasteiger partial charge in [-0.1, -0.05) is 72.6 Å². The molecule has 0 aliphatic rings. The molecule has 1 aromatic heterocycles. The van der Waals surface area contributed by atoms with Crippen molar-refractivity contribution in [1.29, 1.82) is 0 Å². The summed E-state index contributed by atoms with van der Waals surface area (Å²) in [6, 6.07) is 27.1. The Morgan fingerprint density at radius 1 is 0.815 bits per heavy atom. The van der Waals surface area contributed by atoms with E-state index in [9.17, 15) is 0 Å². The van der Waals surface area contributed by atoms with Gasteiger partial charge in [0.15, 0.2) is 0 Å². The minimum atomic E-state index is 0.721. The van der Waals surface area contributed by atoms with Crippen LogP contribution in [0.3, 0.4) is 0 Å². The molecule has 0 aliphatic heterocycles. The number of hydrogen-bond donors (Lipinski definition) is 0. The number of benzene rings is 3. The number of nitrogens with zero attached hydrogens (tertiary/aromatic N) is 2. The first-order chi connectivity index (χ1) is 13.1. The molecule has 0 atom stereocenters. The zero-order valence-corrected chi connectivity index (χ0v) is 16.2. The summed E-state index contributed by atoms with van der Waals surface area (Å²) in [6.45, 7) is 4.26. The van der Waals surface area contributed by atoms with E-state index in [-0.39, 0.29) is 0 Å². The van der Waals surface area contributed by atoms with Crippen LogP contribution < -0.4 is 0 Å². The molecule has 0 aliphatic carbocycles. The van der Waals surface area contributed by atoms with Gasteiger partial charge in [0.05, 0.1) is 17.1 Å². The average Bonchev–Trinajstić information content (AvgIpc) is 3.14. The molecule has 4 aromatic rings. The molecule has 3 heteroatoms. The highest BCUT2D eigenvalue weighted by molar-refractivity contribution is 6.30. The monoisotopic (exact) mass is 372 g/mol. The zero-order valence-electron chi connectivity index (χ0n) is 15.5. The van der Waals surface area contributed by atoms with E-state index in [0.29, 0.717) is 0 Å². The summed E-state index contributed by atoms with van der Waals surface area (Å²) in [6.07, 6.45) is 1.04. The molecule has 0 spiro atoms. The van der Waals surface area contributed by atoms with Crippen LogP contribution in [0.1, 0.15) is 18.1 Å². The van der Waals surface area contributed by atoms with Gasteiger partial charge in [-0.25, -0.2) is 4.68 Å². The molecule has 4 rings (SSSR count). The predicted molar refractivity (Wildman–Crippen MR) is 114 cm³/mol. The van der Waals surface area contributed by atoms with Gasteiger partial charge in [-0.15, -0.1) is 0 Å². The van der Waals surface area contributed by atoms with Crippen molar-refractivity contribution in [1.82, 2.24) is 9.78 Å². The van der Waals surface area contributed by atoms with Crippen molar-refractivity contribution in [2.45, 2.75) is 20.3 Å². The maximum Gasteiger partial charge on any atom is 0.0934 e. The molecule has 0 bridgehead atoms. The van der Waals surface area contributed by atoms with E-state index in [0.717, 1.165) is 39.6 Å². The SMILES string of the molecule is CCc1ccc(-c2cc(-c3ccc(C)cc3)n(-c3ccc(Cl)cc3)n2)cc1. The van der Waals surface area contributed by atoms with E-state index in [1.807, 2.05) is 28.9 Å². The van der Waals surface area contributed by atoms with Gasteiger partial charge in [-0.2, -0.15) is 5.10 Å². The van der Waals surface area contributed by atoms with Gasteiger partial charge in [0, 0.05) is 16.1 Å². The molecule has 2 nitrogen and oxygen atoms in total. The molecule has 134 valence electrons. The van der Waals surface area contributed by atoms with Crippen molar-refractivity contribution in [2.75, 3.05) is 0 Å². The van der Waals surface area contributed by atoms with Crippen LogP contribution in [0.5, 0.6) is 0 Å². The van der Waals surface area contributed by atoms with Gasteiger partial charge < -0.3 is 0 Å². The van der Waals surface area contributed by atoms with E-state index in [2.05, 4.69) is 68.4 Å². The summed E-state index contributed by atoms with van der Waals surface area (Å²) in [5.74, 6) is 0. The third-order valence-electron chi connectivity index (χ3n) is 4.79. The van der Waals surface area contributed by atoms with Gasteiger partial charge in [0.2, 0.25) is 0 Å². The van der Waals surface area contributed by atoms with Crippen molar-refractivity contribution in [3.63, 3.8) is 0 Å². The summed E-state index contributed by atoms with van der Waals surface area (Å²) in [7, 11) is 0. The van der Waals surface area contributed by atoms with Gasteiger partial charge >= 0.3 is 0 Å². The fraction of sp³-hybridized carbons (Fsp3) is 0.125. The summed E-state index contributed by atoms with van der Waals surface area (Å²) in [4.78, 5) is 0. The number of rotatable bonds is 4. The average molecular weight is 373 g/mol. The van der Waals surface area contributed by atoms with Crippen molar-refractivity contribution in [3.8, 4) is 28.2 Å². The molecule has 0 amide bonds.